The molecule has 3 nitrogen and oxygen atoms in total. The molecule has 1 aromatic rings. The van der Waals surface area contributed by atoms with E-state index in [1.165, 1.54) is 0 Å². The molecule has 1 aliphatic rings. The van der Waals surface area contributed by atoms with Crippen molar-refractivity contribution >= 4 is 5.78 Å². The minimum absolute atomic E-state index is 0.227. The normalized spacial score (nSPS) is 18.5. The Hall–Kier alpha value is -1.19. The van der Waals surface area contributed by atoms with Crippen LogP contribution in [0.15, 0.2) is 30.3 Å². The quantitative estimate of drug-likeness (QED) is 0.779. The van der Waals surface area contributed by atoms with Crippen LogP contribution in [-0.4, -0.2) is 53.8 Å². The summed E-state index contributed by atoms with van der Waals surface area (Å²) in [5.41, 5.74) is 1.05. The highest BCUT2D eigenvalue weighted by Crippen LogP contribution is 2.16. The number of carbonyl (C=O) groups is 1. The van der Waals surface area contributed by atoms with Gasteiger partial charge in [-0.05, 0) is 20.8 Å². The number of benzene rings is 1. The number of hydrogen-bond acceptors (Lipinski definition) is 3. The molecule has 0 atom stereocenters. The molecule has 0 unspecified atom stereocenters. The van der Waals surface area contributed by atoms with Gasteiger partial charge in [-0.15, -0.1) is 0 Å². The van der Waals surface area contributed by atoms with E-state index in [0.29, 0.717) is 6.54 Å². The molecular weight excluding hydrogens is 236 g/mol. The number of nitrogens with zero attached hydrogens (tertiary/aromatic N) is 2. The van der Waals surface area contributed by atoms with Crippen LogP contribution >= 0.6 is 0 Å². The Balaban J connectivity index is 1.85. The molecule has 0 bridgehead atoms. The Kier molecular flexibility index (Phi) is 4.38. The van der Waals surface area contributed by atoms with Crippen molar-refractivity contribution in [2.45, 2.75) is 26.3 Å². The van der Waals surface area contributed by atoms with Gasteiger partial charge in [0.1, 0.15) is 0 Å². The Morgan fingerprint density at radius 3 is 2.16 bits per heavy atom. The van der Waals surface area contributed by atoms with Crippen LogP contribution in [0.3, 0.4) is 0 Å². The number of piperazine rings is 1. The first-order valence-electron chi connectivity index (χ1n) is 7.02. The van der Waals surface area contributed by atoms with Gasteiger partial charge in [0.25, 0.3) is 0 Å². The topological polar surface area (TPSA) is 23.6 Å². The number of hydrogen-bond donors (Lipinski definition) is 0. The fourth-order valence-corrected chi connectivity index (χ4v) is 2.50. The summed E-state index contributed by atoms with van der Waals surface area (Å²) in [7, 11) is 0. The van der Waals surface area contributed by atoms with Crippen LogP contribution in [0, 0.1) is 0 Å². The molecule has 0 aromatic heterocycles. The van der Waals surface area contributed by atoms with E-state index in [9.17, 15) is 4.79 Å². The van der Waals surface area contributed by atoms with Crippen molar-refractivity contribution in [3.63, 3.8) is 0 Å². The molecule has 104 valence electrons. The lowest BCUT2D eigenvalue weighted by molar-refractivity contribution is 0.0579. The zero-order valence-electron chi connectivity index (χ0n) is 12.2. The molecule has 1 aliphatic heterocycles. The molecule has 0 amide bonds. The van der Waals surface area contributed by atoms with E-state index in [2.05, 4.69) is 30.6 Å². The van der Waals surface area contributed by atoms with E-state index in [-0.39, 0.29) is 11.3 Å². The number of Topliss-reactive ketones (excluding diaryl/α,β-unsaturated/α-hetero) is 1. The van der Waals surface area contributed by atoms with Crippen molar-refractivity contribution in [1.82, 2.24) is 9.80 Å². The number of carbonyl (C=O) groups excluding carboxylic acids is 1. The van der Waals surface area contributed by atoms with Gasteiger partial charge < -0.3 is 0 Å². The molecule has 0 saturated carbocycles. The second-order valence-corrected chi connectivity index (χ2v) is 6.22. The van der Waals surface area contributed by atoms with E-state index in [0.717, 1.165) is 31.7 Å². The van der Waals surface area contributed by atoms with E-state index in [1.54, 1.807) is 0 Å². The van der Waals surface area contributed by atoms with Crippen molar-refractivity contribution in [2.24, 2.45) is 0 Å². The maximum atomic E-state index is 12.1. The number of rotatable bonds is 3. The predicted molar refractivity (Wildman–Crippen MR) is 78.5 cm³/mol. The monoisotopic (exact) mass is 260 g/mol. The van der Waals surface area contributed by atoms with Gasteiger partial charge in [0.15, 0.2) is 5.78 Å². The first kappa shape index (κ1) is 14.2. The molecule has 1 heterocycles. The Labute approximate surface area is 116 Å². The lowest BCUT2D eigenvalue weighted by Crippen LogP contribution is -2.54. The number of ketones is 1. The van der Waals surface area contributed by atoms with Crippen LogP contribution < -0.4 is 0 Å². The van der Waals surface area contributed by atoms with Gasteiger partial charge in [-0.25, -0.2) is 0 Å². The highest BCUT2D eigenvalue weighted by molar-refractivity contribution is 5.97. The van der Waals surface area contributed by atoms with Crippen molar-refractivity contribution in [1.29, 1.82) is 0 Å². The summed E-state index contributed by atoms with van der Waals surface area (Å²) >= 11 is 0. The van der Waals surface area contributed by atoms with Crippen LogP contribution in [0.5, 0.6) is 0 Å². The summed E-state index contributed by atoms with van der Waals surface area (Å²) in [5, 5.41) is 0. The van der Waals surface area contributed by atoms with Crippen molar-refractivity contribution in [3.05, 3.63) is 35.9 Å². The van der Waals surface area contributed by atoms with Crippen molar-refractivity contribution in [3.8, 4) is 0 Å². The lowest BCUT2D eigenvalue weighted by Gasteiger charge is -2.42. The van der Waals surface area contributed by atoms with Crippen LogP contribution in [0.4, 0.5) is 0 Å². The van der Waals surface area contributed by atoms with E-state index < -0.39 is 0 Å². The summed E-state index contributed by atoms with van der Waals surface area (Å²) in [6, 6.07) is 9.58. The Bertz CT molecular complexity index is 414. The smallest absolute Gasteiger partial charge is 0.176 e. The largest absolute Gasteiger partial charge is 0.296 e. The van der Waals surface area contributed by atoms with E-state index in [4.69, 9.17) is 0 Å². The molecular formula is C16H24N2O. The van der Waals surface area contributed by atoms with Crippen LogP contribution in [0.25, 0.3) is 0 Å². The molecule has 1 saturated heterocycles. The zero-order chi connectivity index (χ0) is 13.9. The van der Waals surface area contributed by atoms with E-state index in [1.807, 2.05) is 30.3 Å². The summed E-state index contributed by atoms with van der Waals surface area (Å²) in [5.74, 6) is 0.227. The van der Waals surface area contributed by atoms with Gasteiger partial charge in [-0.1, -0.05) is 30.3 Å². The lowest BCUT2D eigenvalue weighted by atomic mass is 10.0. The van der Waals surface area contributed by atoms with Crippen LogP contribution in [0.2, 0.25) is 0 Å². The van der Waals surface area contributed by atoms with Gasteiger partial charge in [0.2, 0.25) is 0 Å². The molecule has 0 N–H and O–H groups in total. The minimum Gasteiger partial charge on any atom is -0.296 e. The van der Waals surface area contributed by atoms with Crippen molar-refractivity contribution < 1.29 is 4.79 Å². The fourth-order valence-electron chi connectivity index (χ4n) is 2.50. The summed E-state index contributed by atoms with van der Waals surface area (Å²) in [6.45, 7) is 11.3. The molecule has 0 aliphatic carbocycles. The average molecular weight is 260 g/mol. The molecule has 0 spiro atoms. The van der Waals surface area contributed by atoms with Crippen LogP contribution in [0.1, 0.15) is 31.1 Å². The third-order valence-corrected chi connectivity index (χ3v) is 3.78. The third-order valence-electron chi connectivity index (χ3n) is 3.78. The van der Waals surface area contributed by atoms with Gasteiger partial charge in [-0.3, -0.25) is 14.6 Å². The van der Waals surface area contributed by atoms with Crippen molar-refractivity contribution in [2.75, 3.05) is 32.7 Å². The van der Waals surface area contributed by atoms with E-state index >= 15 is 0 Å². The summed E-state index contributed by atoms with van der Waals surface area (Å²) in [6.07, 6.45) is 0. The zero-order valence-corrected chi connectivity index (χ0v) is 12.2. The van der Waals surface area contributed by atoms with Gasteiger partial charge in [0, 0.05) is 37.3 Å². The van der Waals surface area contributed by atoms with Gasteiger partial charge >= 0.3 is 0 Å². The Morgan fingerprint density at radius 1 is 1.05 bits per heavy atom. The average Bonchev–Trinajstić information content (AvgIpc) is 2.39. The first-order chi connectivity index (χ1) is 8.97. The maximum absolute atomic E-state index is 12.1. The van der Waals surface area contributed by atoms with Gasteiger partial charge in [0.05, 0.1) is 6.54 Å². The standard InChI is InChI=1S/C16H24N2O/c1-16(2,3)18-11-9-17(10-12-18)13-15(19)14-7-5-4-6-8-14/h4-8H,9-13H2,1-3H3. The third kappa shape index (κ3) is 3.88. The molecule has 19 heavy (non-hydrogen) atoms. The molecule has 3 heteroatoms. The van der Waals surface area contributed by atoms with Crippen LogP contribution in [-0.2, 0) is 0 Å². The highest BCUT2D eigenvalue weighted by Gasteiger charge is 2.26. The molecule has 1 aromatic carbocycles. The minimum atomic E-state index is 0.227. The summed E-state index contributed by atoms with van der Waals surface area (Å²) < 4.78 is 0. The maximum Gasteiger partial charge on any atom is 0.176 e. The van der Waals surface area contributed by atoms with Gasteiger partial charge in [-0.2, -0.15) is 0 Å². The molecule has 2 rings (SSSR count). The highest BCUT2D eigenvalue weighted by atomic mass is 16.1. The second kappa shape index (κ2) is 5.85. The first-order valence-corrected chi connectivity index (χ1v) is 7.02. The summed E-state index contributed by atoms with van der Waals surface area (Å²) in [4.78, 5) is 16.9. The second-order valence-electron chi connectivity index (χ2n) is 6.22. The Morgan fingerprint density at radius 2 is 1.63 bits per heavy atom. The molecule has 1 fully saturated rings. The SMILES string of the molecule is CC(C)(C)N1CCN(CC(=O)c2ccccc2)CC1. The fraction of sp³-hybridized carbons (Fsp3) is 0.562. The predicted octanol–water partition coefficient (Wildman–Crippen LogP) is 2.29. The molecule has 0 radical (unpaired) electrons.